The van der Waals surface area contributed by atoms with Crippen molar-refractivity contribution in [2.75, 3.05) is 0 Å². The summed E-state index contributed by atoms with van der Waals surface area (Å²) >= 11 is 15.4. The van der Waals surface area contributed by atoms with Crippen LogP contribution in [-0.4, -0.2) is 0 Å². The van der Waals surface area contributed by atoms with Crippen molar-refractivity contribution in [3.63, 3.8) is 0 Å². The summed E-state index contributed by atoms with van der Waals surface area (Å²) in [6, 6.07) is 5.40. The van der Waals surface area contributed by atoms with Crippen LogP contribution in [0.1, 0.15) is 0 Å². The van der Waals surface area contributed by atoms with Gasteiger partial charge in [0.2, 0.25) is 0 Å². The van der Waals surface area contributed by atoms with Crippen molar-refractivity contribution in [2.24, 2.45) is 0 Å². The standard InChI is InChI=1S/C6H4Cl2S2/c7-5-2-1-4(10-9)3-6(5)8/h1-3,9H. The molecule has 0 aliphatic carbocycles. The van der Waals surface area contributed by atoms with Gasteiger partial charge in [0, 0.05) is 4.90 Å². The van der Waals surface area contributed by atoms with Gasteiger partial charge >= 0.3 is 0 Å². The second-order valence-electron chi connectivity index (χ2n) is 1.67. The highest BCUT2D eigenvalue weighted by atomic mass is 35.5. The summed E-state index contributed by atoms with van der Waals surface area (Å²) < 4.78 is 0. The molecular weight excluding hydrogens is 207 g/mol. The van der Waals surface area contributed by atoms with Crippen LogP contribution < -0.4 is 0 Å². The van der Waals surface area contributed by atoms with Crippen molar-refractivity contribution in [3.05, 3.63) is 28.2 Å². The summed E-state index contributed by atoms with van der Waals surface area (Å²) in [6.07, 6.45) is 0. The fraction of sp³-hybridized carbons (Fsp3) is 0. The lowest BCUT2D eigenvalue weighted by molar-refractivity contribution is 1.48. The first kappa shape index (κ1) is 8.60. The van der Waals surface area contributed by atoms with Crippen LogP contribution in [0, 0.1) is 0 Å². The highest BCUT2D eigenvalue weighted by Crippen LogP contribution is 2.29. The van der Waals surface area contributed by atoms with Crippen molar-refractivity contribution in [3.8, 4) is 0 Å². The average molecular weight is 211 g/mol. The van der Waals surface area contributed by atoms with Gasteiger partial charge in [0.1, 0.15) is 0 Å². The number of hydrogen-bond donors (Lipinski definition) is 1. The van der Waals surface area contributed by atoms with E-state index >= 15 is 0 Å². The van der Waals surface area contributed by atoms with Crippen LogP contribution in [-0.2, 0) is 0 Å². The maximum Gasteiger partial charge on any atom is 0.0603 e. The molecule has 0 fully saturated rings. The Labute approximate surface area is 78.7 Å². The highest BCUT2D eigenvalue weighted by Gasteiger charge is 1.96. The second kappa shape index (κ2) is 3.77. The maximum absolute atomic E-state index is 5.71. The lowest BCUT2D eigenvalue weighted by Crippen LogP contribution is -1.69. The molecule has 0 heterocycles. The molecule has 0 radical (unpaired) electrons. The summed E-state index contributed by atoms with van der Waals surface area (Å²) in [5.74, 6) is 0. The predicted molar refractivity (Wildman–Crippen MR) is 51.3 cm³/mol. The molecule has 0 saturated heterocycles. The molecule has 0 bridgehead atoms. The van der Waals surface area contributed by atoms with Crippen LogP contribution >= 0.6 is 45.7 Å². The van der Waals surface area contributed by atoms with E-state index in [1.165, 1.54) is 10.8 Å². The van der Waals surface area contributed by atoms with Crippen molar-refractivity contribution in [1.29, 1.82) is 0 Å². The van der Waals surface area contributed by atoms with Gasteiger partial charge in [-0.05, 0) is 18.2 Å². The first-order valence-electron chi connectivity index (χ1n) is 2.50. The zero-order chi connectivity index (χ0) is 7.56. The van der Waals surface area contributed by atoms with Gasteiger partial charge in [0.15, 0.2) is 0 Å². The fourth-order valence-electron chi connectivity index (χ4n) is 0.534. The largest absolute Gasteiger partial charge is 0.106 e. The molecule has 0 amide bonds. The molecule has 1 rings (SSSR count). The molecular formula is C6H4Cl2S2. The third-order valence-corrected chi connectivity index (χ3v) is 2.83. The van der Waals surface area contributed by atoms with Crippen LogP contribution in [0.2, 0.25) is 10.0 Å². The quantitative estimate of drug-likeness (QED) is 0.542. The second-order valence-corrected chi connectivity index (χ2v) is 3.68. The van der Waals surface area contributed by atoms with Gasteiger partial charge in [-0.2, -0.15) is 0 Å². The molecule has 0 nitrogen and oxygen atoms in total. The summed E-state index contributed by atoms with van der Waals surface area (Å²) in [6.45, 7) is 0. The monoisotopic (exact) mass is 210 g/mol. The van der Waals surface area contributed by atoms with Crippen molar-refractivity contribution < 1.29 is 0 Å². The van der Waals surface area contributed by atoms with Crippen molar-refractivity contribution in [1.82, 2.24) is 0 Å². The van der Waals surface area contributed by atoms with E-state index in [0.717, 1.165) is 4.90 Å². The first-order valence-corrected chi connectivity index (χ1v) is 5.13. The lowest BCUT2D eigenvalue weighted by atomic mass is 10.4. The molecule has 0 aliphatic heterocycles. The Morgan fingerprint density at radius 3 is 2.40 bits per heavy atom. The molecule has 1 aromatic rings. The van der Waals surface area contributed by atoms with E-state index in [2.05, 4.69) is 11.7 Å². The summed E-state index contributed by atoms with van der Waals surface area (Å²) in [4.78, 5) is 0.998. The maximum atomic E-state index is 5.71. The molecule has 0 aliphatic rings. The van der Waals surface area contributed by atoms with E-state index in [1.54, 1.807) is 12.1 Å². The molecule has 0 saturated carbocycles. The molecule has 0 N–H and O–H groups in total. The van der Waals surface area contributed by atoms with Gasteiger partial charge < -0.3 is 0 Å². The molecule has 54 valence electrons. The molecule has 0 aromatic heterocycles. The number of hydrogen-bond acceptors (Lipinski definition) is 2. The van der Waals surface area contributed by atoms with Gasteiger partial charge in [0.25, 0.3) is 0 Å². The van der Waals surface area contributed by atoms with Crippen LogP contribution in [0.3, 0.4) is 0 Å². The van der Waals surface area contributed by atoms with E-state index in [-0.39, 0.29) is 0 Å². The minimum absolute atomic E-state index is 0.570. The molecule has 0 unspecified atom stereocenters. The summed E-state index contributed by atoms with van der Waals surface area (Å²) in [5.41, 5.74) is 0. The summed E-state index contributed by atoms with van der Waals surface area (Å²) in [5, 5.41) is 1.15. The van der Waals surface area contributed by atoms with Crippen LogP contribution in [0.25, 0.3) is 0 Å². The first-order chi connectivity index (χ1) is 4.74. The van der Waals surface area contributed by atoms with Gasteiger partial charge in [-0.3, -0.25) is 0 Å². The topological polar surface area (TPSA) is 0 Å². The van der Waals surface area contributed by atoms with Crippen LogP contribution in [0.5, 0.6) is 0 Å². The molecule has 4 heteroatoms. The number of rotatable bonds is 1. The SMILES string of the molecule is SSc1ccc(Cl)c(Cl)c1. The van der Waals surface area contributed by atoms with Gasteiger partial charge in [-0.1, -0.05) is 34.0 Å². The third kappa shape index (κ3) is 1.99. The molecule has 10 heavy (non-hydrogen) atoms. The summed E-state index contributed by atoms with van der Waals surface area (Å²) in [7, 11) is 1.34. The zero-order valence-electron chi connectivity index (χ0n) is 4.84. The highest BCUT2D eigenvalue weighted by molar-refractivity contribution is 8.68. The zero-order valence-corrected chi connectivity index (χ0v) is 8.07. The number of benzene rings is 1. The Hall–Kier alpha value is 0.500. The van der Waals surface area contributed by atoms with E-state index in [1.807, 2.05) is 6.07 Å². The van der Waals surface area contributed by atoms with Crippen LogP contribution in [0.4, 0.5) is 0 Å². The van der Waals surface area contributed by atoms with Gasteiger partial charge in [0.05, 0.1) is 10.0 Å². The normalized spacial score (nSPS) is 9.90. The molecule has 0 spiro atoms. The molecule has 1 aromatic carbocycles. The Balaban J connectivity index is 3.04. The van der Waals surface area contributed by atoms with Crippen molar-refractivity contribution in [2.45, 2.75) is 4.90 Å². The van der Waals surface area contributed by atoms with E-state index in [0.29, 0.717) is 10.0 Å². The van der Waals surface area contributed by atoms with Crippen molar-refractivity contribution >= 4 is 45.7 Å². The number of thiol groups is 1. The lowest BCUT2D eigenvalue weighted by Gasteiger charge is -1.96. The minimum atomic E-state index is 0.570. The Morgan fingerprint density at radius 1 is 1.20 bits per heavy atom. The van der Waals surface area contributed by atoms with Crippen LogP contribution in [0.15, 0.2) is 23.1 Å². The minimum Gasteiger partial charge on any atom is -0.106 e. The molecule has 0 atom stereocenters. The Bertz CT molecular complexity index is 237. The smallest absolute Gasteiger partial charge is 0.0603 e. The Morgan fingerprint density at radius 2 is 1.90 bits per heavy atom. The Kier molecular flexibility index (Phi) is 3.24. The van der Waals surface area contributed by atoms with E-state index in [4.69, 9.17) is 23.2 Å². The third-order valence-electron chi connectivity index (χ3n) is 0.996. The predicted octanol–water partition coefficient (Wildman–Crippen LogP) is 3.93. The average Bonchev–Trinajstić information content (AvgIpc) is 1.95. The van der Waals surface area contributed by atoms with E-state index in [9.17, 15) is 0 Å². The number of halogens is 2. The van der Waals surface area contributed by atoms with Gasteiger partial charge in [-0.15, -0.1) is 11.7 Å². The van der Waals surface area contributed by atoms with E-state index < -0.39 is 0 Å². The van der Waals surface area contributed by atoms with Gasteiger partial charge in [-0.25, -0.2) is 0 Å². The fourth-order valence-corrected chi connectivity index (χ4v) is 1.54.